The molecule has 1 heterocycles. The highest BCUT2D eigenvalue weighted by Gasteiger charge is 1.96. The summed E-state index contributed by atoms with van der Waals surface area (Å²) in [7, 11) is 0. The smallest absolute Gasteiger partial charge is 0.328 e. The van der Waals surface area contributed by atoms with E-state index in [2.05, 4.69) is 4.98 Å². The molecule has 0 unspecified atom stereocenters. The van der Waals surface area contributed by atoms with Crippen LogP contribution in [-0.4, -0.2) is 16.1 Å². The van der Waals surface area contributed by atoms with E-state index in [1.165, 1.54) is 5.56 Å². The number of benzene rings is 1. The summed E-state index contributed by atoms with van der Waals surface area (Å²) < 4.78 is 0. The van der Waals surface area contributed by atoms with Gasteiger partial charge in [-0.15, -0.1) is 12.4 Å². The summed E-state index contributed by atoms with van der Waals surface area (Å²) in [6.45, 7) is 0. The van der Waals surface area contributed by atoms with Gasteiger partial charge in [-0.3, -0.25) is 4.98 Å². The lowest BCUT2D eigenvalue weighted by Crippen LogP contribution is -1.89. The molecule has 0 spiro atoms. The lowest BCUT2D eigenvalue weighted by molar-refractivity contribution is -0.131. The van der Waals surface area contributed by atoms with Crippen LogP contribution in [0.3, 0.4) is 0 Å². The third-order valence-electron chi connectivity index (χ3n) is 2.53. The summed E-state index contributed by atoms with van der Waals surface area (Å²) in [5.74, 6) is -0.936. The highest BCUT2D eigenvalue weighted by molar-refractivity contribution is 5.85. The Morgan fingerprint density at radius 2 is 1.89 bits per heavy atom. The SMILES string of the molecule is Cl.O=C(O)/C=C/c1ccc(Cc2cccnc2)cc1. The van der Waals surface area contributed by atoms with Crippen LogP contribution in [0.1, 0.15) is 16.7 Å². The van der Waals surface area contributed by atoms with Gasteiger partial charge in [0.2, 0.25) is 0 Å². The predicted octanol–water partition coefficient (Wildman–Crippen LogP) is 3.19. The van der Waals surface area contributed by atoms with Crippen molar-refractivity contribution >= 4 is 24.5 Å². The normalized spacial score (nSPS) is 10.1. The summed E-state index contributed by atoms with van der Waals surface area (Å²) >= 11 is 0. The first-order chi connectivity index (χ1) is 8.74. The minimum Gasteiger partial charge on any atom is -0.478 e. The number of aliphatic carboxylic acids is 1. The average Bonchev–Trinajstić information content (AvgIpc) is 2.39. The van der Waals surface area contributed by atoms with E-state index in [0.717, 1.165) is 23.6 Å². The van der Waals surface area contributed by atoms with E-state index in [-0.39, 0.29) is 12.4 Å². The first kappa shape index (κ1) is 14.9. The fourth-order valence-corrected chi connectivity index (χ4v) is 1.65. The van der Waals surface area contributed by atoms with Gasteiger partial charge in [0.25, 0.3) is 0 Å². The van der Waals surface area contributed by atoms with E-state index in [1.807, 2.05) is 42.6 Å². The van der Waals surface area contributed by atoms with E-state index >= 15 is 0 Å². The topological polar surface area (TPSA) is 50.2 Å². The highest BCUT2D eigenvalue weighted by atomic mass is 35.5. The number of rotatable bonds is 4. The quantitative estimate of drug-likeness (QED) is 0.872. The number of pyridine rings is 1. The Hall–Kier alpha value is -2.13. The second-order valence-corrected chi connectivity index (χ2v) is 3.95. The monoisotopic (exact) mass is 275 g/mol. The zero-order valence-corrected chi connectivity index (χ0v) is 11.0. The fraction of sp³-hybridized carbons (Fsp3) is 0.0667. The zero-order valence-electron chi connectivity index (χ0n) is 10.2. The molecule has 1 N–H and O–H groups in total. The van der Waals surface area contributed by atoms with Gasteiger partial charge in [-0.05, 0) is 35.3 Å². The van der Waals surface area contributed by atoms with Crippen LogP contribution < -0.4 is 0 Å². The van der Waals surface area contributed by atoms with E-state index in [0.29, 0.717) is 0 Å². The number of carbonyl (C=O) groups is 1. The first-order valence-corrected chi connectivity index (χ1v) is 5.63. The highest BCUT2D eigenvalue weighted by Crippen LogP contribution is 2.10. The molecular formula is C15H14ClNO2. The van der Waals surface area contributed by atoms with Crippen LogP contribution in [0.5, 0.6) is 0 Å². The standard InChI is InChI=1S/C15H13NO2.ClH/c17-15(18)8-7-12-3-5-13(6-4-12)10-14-2-1-9-16-11-14;/h1-9,11H,10H2,(H,17,18);1H/b8-7+;. The van der Waals surface area contributed by atoms with Crippen LogP contribution in [0.25, 0.3) is 6.08 Å². The van der Waals surface area contributed by atoms with Crippen LogP contribution in [0.4, 0.5) is 0 Å². The Bertz CT molecular complexity index is 550. The largest absolute Gasteiger partial charge is 0.478 e. The maximum Gasteiger partial charge on any atom is 0.328 e. The average molecular weight is 276 g/mol. The Labute approximate surface area is 118 Å². The van der Waals surface area contributed by atoms with Gasteiger partial charge in [0, 0.05) is 18.5 Å². The van der Waals surface area contributed by atoms with Crippen molar-refractivity contribution in [1.82, 2.24) is 4.98 Å². The molecule has 0 amide bonds. The Morgan fingerprint density at radius 1 is 1.16 bits per heavy atom. The number of halogens is 1. The maximum absolute atomic E-state index is 10.4. The molecule has 1 aromatic carbocycles. The lowest BCUT2D eigenvalue weighted by atomic mass is 10.0. The van der Waals surface area contributed by atoms with Gasteiger partial charge in [0.15, 0.2) is 0 Å². The molecule has 3 nitrogen and oxygen atoms in total. The van der Waals surface area contributed by atoms with Crippen molar-refractivity contribution in [1.29, 1.82) is 0 Å². The molecule has 0 saturated heterocycles. The van der Waals surface area contributed by atoms with Crippen molar-refractivity contribution in [2.45, 2.75) is 6.42 Å². The molecule has 0 fully saturated rings. The Balaban J connectivity index is 0.00000180. The zero-order chi connectivity index (χ0) is 12.8. The molecule has 19 heavy (non-hydrogen) atoms. The summed E-state index contributed by atoms with van der Waals surface area (Å²) in [5.41, 5.74) is 3.22. The summed E-state index contributed by atoms with van der Waals surface area (Å²) in [6, 6.07) is 11.8. The van der Waals surface area contributed by atoms with E-state index < -0.39 is 5.97 Å². The molecule has 1 aromatic heterocycles. The van der Waals surface area contributed by atoms with Gasteiger partial charge < -0.3 is 5.11 Å². The minimum absolute atomic E-state index is 0. The summed E-state index contributed by atoms with van der Waals surface area (Å²) in [6.07, 6.45) is 7.14. The van der Waals surface area contributed by atoms with Crippen molar-refractivity contribution in [2.24, 2.45) is 0 Å². The molecule has 2 rings (SSSR count). The van der Waals surface area contributed by atoms with Gasteiger partial charge in [-0.25, -0.2) is 4.79 Å². The molecule has 4 heteroatoms. The lowest BCUT2D eigenvalue weighted by Gasteiger charge is -2.01. The summed E-state index contributed by atoms with van der Waals surface area (Å²) in [5, 5.41) is 8.53. The number of hydrogen-bond acceptors (Lipinski definition) is 2. The molecule has 0 saturated carbocycles. The van der Waals surface area contributed by atoms with Gasteiger partial charge in [-0.2, -0.15) is 0 Å². The molecular weight excluding hydrogens is 262 g/mol. The van der Waals surface area contributed by atoms with E-state index in [9.17, 15) is 4.79 Å². The van der Waals surface area contributed by atoms with Crippen molar-refractivity contribution in [3.05, 3.63) is 71.6 Å². The second-order valence-electron chi connectivity index (χ2n) is 3.95. The van der Waals surface area contributed by atoms with E-state index in [1.54, 1.807) is 12.3 Å². The van der Waals surface area contributed by atoms with Gasteiger partial charge in [0.05, 0.1) is 0 Å². The molecule has 0 atom stereocenters. The van der Waals surface area contributed by atoms with Crippen LogP contribution in [0, 0.1) is 0 Å². The molecule has 0 bridgehead atoms. The van der Waals surface area contributed by atoms with Crippen molar-refractivity contribution in [3.63, 3.8) is 0 Å². The molecule has 0 aliphatic rings. The first-order valence-electron chi connectivity index (χ1n) is 5.63. The molecule has 0 radical (unpaired) electrons. The molecule has 0 aliphatic carbocycles. The van der Waals surface area contributed by atoms with Gasteiger partial charge in [0.1, 0.15) is 0 Å². The number of carboxylic acid groups (broad SMARTS) is 1. The third-order valence-corrected chi connectivity index (χ3v) is 2.53. The summed E-state index contributed by atoms with van der Waals surface area (Å²) in [4.78, 5) is 14.5. The second kappa shape index (κ2) is 7.34. The Kier molecular flexibility index (Phi) is 5.76. The number of hydrogen-bond donors (Lipinski definition) is 1. The molecule has 0 aliphatic heterocycles. The van der Waals surface area contributed by atoms with Crippen molar-refractivity contribution in [2.75, 3.05) is 0 Å². The fourth-order valence-electron chi connectivity index (χ4n) is 1.65. The van der Waals surface area contributed by atoms with Gasteiger partial charge >= 0.3 is 5.97 Å². The third kappa shape index (κ3) is 4.94. The number of nitrogens with zero attached hydrogens (tertiary/aromatic N) is 1. The Morgan fingerprint density at radius 3 is 2.47 bits per heavy atom. The molecule has 98 valence electrons. The van der Waals surface area contributed by atoms with Crippen LogP contribution in [0.2, 0.25) is 0 Å². The van der Waals surface area contributed by atoms with Crippen molar-refractivity contribution < 1.29 is 9.90 Å². The maximum atomic E-state index is 10.4. The predicted molar refractivity (Wildman–Crippen MR) is 77.4 cm³/mol. The van der Waals surface area contributed by atoms with Gasteiger partial charge in [-0.1, -0.05) is 30.3 Å². The number of carboxylic acids is 1. The van der Waals surface area contributed by atoms with Crippen LogP contribution >= 0.6 is 12.4 Å². The van der Waals surface area contributed by atoms with Crippen molar-refractivity contribution in [3.8, 4) is 0 Å². The number of aromatic nitrogens is 1. The van der Waals surface area contributed by atoms with Crippen LogP contribution in [0.15, 0.2) is 54.9 Å². The minimum atomic E-state index is -0.936. The van der Waals surface area contributed by atoms with Crippen LogP contribution in [-0.2, 0) is 11.2 Å². The molecule has 2 aromatic rings. The van der Waals surface area contributed by atoms with E-state index in [4.69, 9.17) is 5.11 Å².